The molecule has 0 spiro atoms. The molecule has 1 aromatic carbocycles. The first-order chi connectivity index (χ1) is 9.70. The quantitative estimate of drug-likeness (QED) is 0.815. The number of morpholine rings is 1. The molecule has 0 saturated carbocycles. The number of carbonyl (C=O) groups is 1. The van der Waals surface area contributed by atoms with Crippen molar-refractivity contribution < 1.29 is 9.53 Å². The van der Waals surface area contributed by atoms with Crippen molar-refractivity contribution >= 4 is 17.7 Å². The fourth-order valence-corrected chi connectivity index (χ4v) is 2.81. The van der Waals surface area contributed by atoms with E-state index in [-0.39, 0.29) is 18.0 Å². The first-order valence-electron chi connectivity index (χ1n) is 7.05. The number of ether oxygens (including phenoxy) is 1. The highest BCUT2D eigenvalue weighted by molar-refractivity contribution is 7.99. The van der Waals surface area contributed by atoms with Gasteiger partial charge in [-0.1, -0.05) is 19.1 Å². The normalized spacial score (nSPS) is 20.4. The van der Waals surface area contributed by atoms with E-state index in [1.165, 1.54) is 4.90 Å². The van der Waals surface area contributed by atoms with E-state index in [0.29, 0.717) is 13.2 Å². The Hall–Kier alpha value is -1.04. The average Bonchev–Trinajstić information content (AvgIpc) is 2.49. The number of carbonyl (C=O) groups excluding carboxylic acids is 1. The summed E-state index contributed by atoms with van der Waals surface area (Å²) < 4.78 is 5.31. The van der Waals surface area contributed by atoms with E-state index in [9.17, 15) is 4.79 Å². The molecule has 2 N–H and O–H groups in total. The second kappa shape index (κ2) is 7.67. The Morgan fingerprint density at radius 3 is 2.85 bits per heavy atom. The Kier molecular flexibility index (Phi) is 5.88. The summed E-state index contributed by atoms with van der Waals surface area (Å²) in [4.78, 5) is 13.4. The van der Waals surface area contributed by atoms with Crippen LogP contribution in [0.5, 0.6) is 0 Å². The summed E-state index contributed by atoms with van der Waals surface area (Å²) in [7, 11) is 0. The van der Waals surface area contributed by atoms with E-state index in [4.69, 9.17) is 4.74 Å². The molecular weight excluding hydrogens is 272 g/mol. The zero-order chi connectivity index (χ0) is 14.4. The molecule has 0 aromatic heterocycles. The van der Waals surface area contributed by atoms with Gasteiger partial charge in [-0.15, -0.1) is 11.8 Å². The average molecular weight is 294 g/mol. The lowest BCUT2D eigenvalue weighted by atomic mass is 10.1. The van der Waals surface area contributed by atoms with Crippen LogP contribution in [0.15, 0.2) is 29.2 Å². The van der Waals surface area contributed by atoms with E-state index >= 15 is 0 Å². The molecule has 110 valence electrons. The lowest BCUT2D eigenvalue weighted by Crippen LogP contribution is -2.51. The fraction of sp³-hybridized carbons (Fsp3) is 0.533. The summed E-state index contributed by atoms with van der Waals surface area (Å²) in [6.07, 6.45) is 0. The van der Waals surface area contributed by atoms with Crippen molar-refractivity contribution in [3.8, 4) is 0 Å². The van der Waals surface area contributed by atoms with Gasteiger partial charge in [0, 0.05) is 11.4 Å². The molecule has 1 amide bonds. The maximum atomic E-state index is 12.1. The summed E-state index contributed by atoms with van der Waals surface area (Å²) in [5.74, 6) is 1.07. The van der Waals surface area contributed by atoms with Crippen LogP contribution in [0.2, 0.25) is 0 Å². The summed E-state index contributed by atoms with van der Waals surface area (Å²) in [6, 6.07) is 8.14. The molecule has 0 bridgehead atoms. The van der Waals surface area contributed by atoms with Crippen LogP contribution in [0.1, 0.15) is 25.5 Å². The first kappa shape index (κ1) is 15.4. The molecule has 0 unspecified atom stereocenters. The number of thioether (sulfide) groups is 1. The first-order valence-corrected chi connectivity index (χ1v) is 8.03. The zero-order valence-electron chi connectivity index (χ0n) is 12.0. The fourth-order valence-electron chi connectivity index (χ4n) is 2.15. The number of rotatable bonds is 5. The Bertz CT molecular complexity index is 430. The summed E-state index contributed by atoms with van der Waals surface area (Å²) >= 11 is 1.82. The van der Waals surface area contributed by atoms with Gasteiger partial charge in [0.25, 0.3) is 0 Å². The topological polar surface area (TPSA) is 50.4 Å². The SMILES string of the molecule is CCSc1ccc([C@H](C)NC(=O)[C@H]2COCCN2)cc1. The highest BCUT2D eigenvalue weighted by Crippen LogP contribution is 2.20. The molecule has 1 aliphatic heterocycles. The highest BCUT2D eigenvalue weighted by Gasteiger charge is 2.22. The molecule has 0 radical (unpaired) electrons. The molecule has 2 rings (SSSR count). The second-order valence-electron chi connectivity index (χ2n) is 4.81. The van der Waals surface area contributed by atoms with Crippen molar-refractivity contribution in [2.24, 2.45) is 0 Å². The molecule has 1 heterocycles. The van der Waals surface area contributed by atoms with Crippen LogP contribution in [0.25, 0.3) is 0 Å². The van der Waals surface area contributed by atoms with Crippen LogP contribution >= 0.6 is 11.8 Å². The Morgan fingerprint density at radius 1 is 1.50 bits per heavy atom. The molecule has 1 aliphatic rings. The van der Waals surface area contributed by atoms with Crippen LogP contribution in [0, 0.1) is 0 Å². The monoisotopic (exact) mass is 294 g/mol. The largest absolute Gasteiger partial charge is 0.378 e. The third-order valence-corrected chi connectivity index (χ3v) is 4.18. The maximum absolute atomic E-state index is 12.1. The van der Waals surface area contributed by atoms with Gasteiger partial charge in [0.15, 0.2) is 0 Å². The minimum atomic E-state index is -0.235. The van der Waals surface area contributed by atoms with Crippen molar-refractivity contribution in [3.63, 3.8) is 0 Å². The zero-order valence-corrected chi connectivity index (χ0v) is 12.8. The number of nitrogens with one attached hydrogen (secondary N) is 2. The van der Waals surface area contributed by atoms with E-state index in [0.717, 1.165) is 17.9 Å². The Labute approximate surface area is 124 Å². The molecule has 20 heavy (non-hydrogen) atoms. The minimum absolute atomic E-state index is 0.00390. The van der Waals surface area contributed by atoms with Gasteiger partial charge in [-0.3, -0.25) is 4.79 Å². The van der Waals surface area contributed by atoms with E-state index in [2.05, 4.69) is 41.8 Å². The van der Waals surface area contributed by atoms with E-state index < -0.39 is 0 Å². The van der Waals surface area contributed by atoms with Crippen LogP contribution in [0.4, 0.5) is 0 Å². The third kappa shape index (κ3) is 4.23. The van der Waals surface area contributed by atoms with Gasteiger partial charge in [0.05, 0.1) is 19.3 Å². The second-order valence-corrected chi connectivity index (χ2v) is 6.15. The predicted molar refractivity (Wildman–Crippen MR) is 82.0 cm³/mol. The van der Waals surface area contributed by atoms with Gasteiger partial charge in [0.1, 0.15) is 6.04 Å². The van der Waals surface area contributed by atoms with Gasteiger partial charge in [-0.05, 0) is 30.4 Å². The maximum Gasteiger partial charge on any atom is 0.240 e. The highest BCUT2D eigenvalue weighted by atomic mass is 32.2. The van der Waals surface area contributed by atoms with Crippen LogP contribution in [-0.4, -0.2) is 37.5 Å². The van der Waals surface area contributed by atoms with Crippen LogP contribution in [0.3, 0.4) is 0 Å². The smallest absolute Gasteiger partial charge is 0.240 e. The molecule has 2 atom stereocenters. The number of amides is 1. The number of benzene rings is 1. The summed E-state index contributed by atoms with van der Waals surface area (Å²) in [6.45, 7) is 6.00. The van der Waals surface area contributed by atoms with Crippen LogP contribution in [-0.2, 0) is 9.53 Å². The molecule has 1 fully saturated rings. The molecular formula is C15H22N2O2S. The molecule has 1 aromatic rings. The molecule has 1 saturated heterocycles. The lowest BCUT2D eigenvalue weighted by Gasteiger charge is -2.25. The third-order valence-electron chi connectivity index (χ3n) is 3.29. The standard InChI is InChI=1S/C15H22N2O2S/c1-3-20-13-6-4-12(5-7-13)11(2)17-15(18)14-10-19-9-8-16-14/h4-7,11,14,16H,3,8-10H2,1-2H3,(H,17,18)/t11-,14+/m0/s1. The molecule has 4 nitrogen and oxygen atoms in total. The summed E-state index contributed by atoms with van der Waals surface area (Å²) in [5, 5.41) is 6.19. The van der Waals surface area contributed by atoms with E-state index in [1.807, 2.05) is 18.7 Å². The van der Waals surface area contributed by atoms with Crippen molar-refractivity contribution in [1.82, 2.24) is 10.6 Å². The van der Waals surface area contributed by atoms with Crippen molar-refractivity contribution in [1.29, 1.82) is 0 Å². The molecule has 5 heteroatoms. The van der Waals surface area contributed by atoms with Crippen LogP contribution < -0.4 is 10.6 Å². The number of hydrogen-bond donors (Lipinski definition) is 2. The van der Waals surface area contributed by atoms with Crippen molar-refractivity contribution in [2.75, 3.05) is 25.5 Å². The Balaban J connectivity index is 1.89. The molecule has 0 aliphatic carbocycles. The van der Waals surface area contributed by atoms with Crippen molar-refractivity contribution in [3.05, 3.63) is 29.8 Å². The van der Waals surface area contributed by atoms with E-state index in [1.54, 1.807) is 0 Å². The van der Waals surface area contributed by atoms with Crippen molar-refractivity contribution in [2.45, 2.75) is 30.8 Å². The van der Waals surface area contributed by atoms with Gasteiger partial charge < -0.3 is 15.4 Å². The minimum Gasteiger partial charge on any atom is -0.378 e. The van der Waals surface area contributed by atoms with Gasteiger partial charge >= 0.3 is 0 Å². The summed E-state index contributed by atoms with van der Waals surface area (Å²) in [5.41, 5.74) is 1.12. The predicted octanol–water partition coefficient (Wildman–Crippen LogP) is 1.96. The lowest BCUT2D eigenvalue weighted by molar-refractivity contribution is -0.126. The van der Waals surface area contributed by atoms with Gasteiger partial charge in [-0.2, -0.15) is 0 Å². The van der Waals surface area contributed by atoms with Gasteiger partial charge in [0.2, 0.25) is 5.91 Å². The van der Waals surface area contributed by atoms with Gasteiger partial charge in [-0.25, -0.2) is 0 Å². The number of hydrogen-bond acceptors (Lipinski definition) is 4. The Morgan fingerprint density at radius 2 is 2.25 bits per heavy atom.